The molecule has 3 rings (SSSR count). The summed E-state index contributed by atoms with van der Waals surface area (Å²) in [5.41, 5.74) is 5.86. The highest BCUT2D eigenvalue weighted by molar-refractivity contribution is 7.80. The van der Waals surface area contributed by atoms with Gasteiger partial charge in [-0.25, -0.2) is 0 Å². The lowest BCUT2D eigenvalue weighted by molar-refractivity contribution is 0.0938. The number of hydrogen-bond donors (Lipinski definition) is 3. The number of para-hydroxylation sites is 2. The van der Waals surface area contributed by atoms with Gasteiger partial charge in [0.1, 0.15) is 24.7 Å². The average Bonchev–Trinajstić information content (AvgIpc) is 2.77. The summed E-state index contributed by atoms with van der Waals surface area (Å²) in [6, 6.07) is 17.0. The lowest BCUT2D eigenvalue weighted by atomic mass is 9.96. The third-order valence-corrected chi connectivity index (χ3v) is 4.93. The Hall–Kier alpha value is -2.80. The number of hydrogen-bond acceptors (Lipinski definition) is 4. The van der Waals surface area contributed by atoms with E-state index in [9.17, 15) is 4.79 Å². The third-order valence-electron chi connectivity index (χ3n) is 4.71. The van der Waals surface area contributed by atoms with Crippen LogP contribution in [-0.4, -0.2) is 30.3 Å². The van der Waals surface area contributed by atoms with Crippen LogP contribution in [0.25, 0.3) is 0 Å². The molecular formula is C22H27N3O3S. The van der Waals surface area contributed by atoms with Gasteiger partial charge >= 0.3 is 0 Å². The van der Waals surface area contributed by atoms with E-state index >= 15 is 0 Å². The Kier molecular flexibility index (Phi) is 8.12. The van der Waals surface area contributed by atoms with Crippen LogP contribution in [0.5, 0.6) is 11.5 Å². The molecule has 2 aromatic rings. The predicted octanol–water partition coefficient (Wildman–Crippen LogP) is 3.59. The van der Waals surface area contributed by atoms with E-state index in [0.717, 1.165) is 18.6 Å². The number of nitrogens with one attached hydrogen (secondary N) is 3. The third kappa shape index (κ3) is 6.94. The first-order valence-corrected chi connectivity index (χ1v) is 10.4. The molecule has 0 atom stereocenters. The summed E-state index contributed by atoms with van der Waals surface area (Å²) in [4.78, 5) is 12.5. The van der Waals surface area contributed by atoms with E-state index in [-0.39, 0.29) is 5.91 Å². The van der Waals surface area contributed by atoms with Crippen LogP contribution in [0.2, 0.25) is 0 Å². The summed E-state index contributed by atoms with van der Waals surface area (Å²) < 4.78 is 11.4. The molecule has 0 unspecified atom stereocenters. The molecule has 1 aliphatic carbocycles. The van der Waals surface area contributed by atoms with E-state index in [0.29, 0.717) is 35.7 Å². The second kappa shape index (κ2) is 11.3. The molecule has 0 aliphatic heterocycles. The van der Waals surface area contributed by atoms with Gasteiger partial charge in [0.05, 0.1) is 5.56 Å². The molecular weight excluding hydrogens is 386 g/mol. The smallest absolute Gasteiger partial charge is 0.273 e. The average molecular weight is 414 g/mol. The van der Waals surface area contributed by atoms with E-state index in [1.54, 1.807) is 18.2 Å². The number of carbonyl (C=O) groups excluding carboxylic acids is 1. The van der Waals surface area contributed by atoms with Crippen molar-refractivity contribution < 1.29 is 14.3 Å². The number of rotatable bonds is 7. The largest absolute Gasteiger partial charge is 0.490 e. The summed E-state index contributed by atoms with van der Waals surface area (Å²) >= 11 is 5.28. The van der Waals surface area contributed by atoms with Gasteiger partial charge in [0.2, 0.25) is 0 Å². The van der Waals surface area contributed by atoms with E-state index in [1.807, 2.05) is 36.4 Å². The first-order valence-electron chi connectivity index (χ1n) is 9.99. The Labute approximate surface area is 176 Å². The second-order valence-electron chi connectivity index (χ2n) is 6.89. The molecule has 0 radical (unpaired) electrons. The molecule has 0 spiro atoms. The van der Waals surface area contributed by atoms with Gasteiger partial charge in [-0.15, -0.1) is 0 Å². The summed E-state index contributed by atoms with van der Waals surface area (Å²) in [5.74, 6) is 0.970. The number of ether oxygens (including phenoxy) is 2. The van der Waals surface area contributed by atoms with Crippen LogP contribution in [-0.2, 0) is 0 Å². The van der Waals surface area contributed by atoms with E-state index in [2.05, 4.69) is 16.2 Å². The molecule has 2 aromatic carbocycles. The predicted molar refractivity (Wildman–Crippen MR) is 117 cm³/mol. The molecule has 0 saturated heterocycles. The maximum Gasteiger partial charge on any atom is 0.273 e. The Morgan fingerprint density at radius 3 is 2.38 bits per heavy atom. The van der Waals surface area contributed by atoms with Gasteiger partial charge in [-0.2, -0.15) is 0 Å². The Morgan fingerprint density at radius 2 is 1.59 bits per heavy atom. The Balaban J connectivity index is 1.44. The van der Waals surface area contributed by atoms with Crippen LogP contribution >= 0.6 is 12.2 Å². The molecule has 1 amide bonds. The van der Waals surface area contributed by atoms with Gasteiger partial charge < -0.3 is 14.8 Å². The molecule has 1 saturated carbocycles. The number of carbonyl (C=O) groups is 1. The van der Waals surface area contributed by atoms with E-state index in [1.165, 1.54) is 19.3 Å². The van der Waals surface area contributed by atoms with Crippen molar-refractivity contribution >= 4 is 23.2 Å². The maximum absolute atomic E-state index is 12.5. The van der Waals surface area contributed by atoms with Gasteiger partial charge in [-0.1, -0.05) is 49.6 Å². The zero-order valence-electron chi connectivity index (χ0n) is 16.4. The highest BCUT2D eigenvalue weighted by atomic mass is 32.1. The van der Waals surface area contributed by atoms with Gasteiger partial charge in [0.25, 0.3) is 5.91 Å². The van der Waals surface area contributed by atoms with Crippen LogP contribution < -0.4 is 25.6 Å². The van der Waals surface area contributed by atoms with Crippen molar-refractivity contribution in [2.75, 3.05) is 13.2 Å². The molecule has 1 aliphatic rings. The molecule has 154 valence electrons. The summed E-state index contributed by atoms with van der Waals surface area (Å²) in [6.45, 7) is 0.710. The lowest BCUT2D eigenvalue weighted by Crippen LogP contribution is -2.50. The van der Waals surface area contributed by atoms with Crippen LogP contribution in [0, 0.1) is 0 Å². The van der Waals surface area contributed by atoms with Crippen molar-refractivity contribution in [2.45, 2.75) is 38.1 Å². The topological polar surface area (TPSA) is 71.6 Å². The van der Waals surface area contributed by atoms with Crippen molar-refractivity contribution in [3.8, 4) is 11.5 Å². The molecule has 6 nitrogen and oxygen atoms in total. The van der Waals surface area contributed by atoms with Crippen molar-refractivity contribution in [3.05, 3.63) is 60.2 Å². The Morgan fingerprint density at radius 1 is 0.897 bits per heavy atom. The zero-order valence-corrected chi connectivity index (χ0v) is 17.2. The minimum atomic E-state index is -0.308. The van der Waals surface area contributed by atoms with Crippen LogP contribution in [0.1, 0.15) is 42.5 Å². The fraction of sp³-hybridized carbons (Fsp3) is 0.364. The number of thiocarbonyl (C=S) groups is 1. The number of benzene rings is 2. The molecule has 0 bridgehead atoms. The van der Waals surface area contributed by atoms with Gasteiger partial charge in [-0.05, 0) is 49.3 Å². The quantitative estimate of drug-likeness (QED) is 0.366. The molecule has 0 heterocycles. The highest BCUT2D eigenvalue weighted by Crippen LogP contribution is 2.18. The van der Waals surface area contributed by atoms with Crippen LogP contribution in [0.4, 0.5) is 0 Å². The van der Waals surface area contributed by atoms with E-state index in [4.69, 9.17) is 21.7 Å². The minimum absolute atomic E-state index is 0.308. The standard InChI is InChI=1S/C22H27N3O3S/c26-21(24-25-22(29)23-17-9-3-1-4-10-17)19-13-7-8-14-20(19)28-16-15-27-18-11-5-2-6-12-18/h2,5-8,11-14,17H,1,3-4,9-10,15-16H2,(H,24,26)(H2,23,25,29). The maximum atomic E-state index is 12.5. The summed E-state index contributed by atoms with van der Waals surface area (Å²) in [7, 11) is 0. The fourth-order valence-corrected chi connectivity index (χ4v) is 3.47. The molecule has 7 heteroatoms. The first-order chi connectivity index (χ1) is 14.2. The Bertz CT molecular complexity index is 795. The molecule has 3 N–H and O–H groups in total. The van der Waals surface area contributed by atoms with Gasteiger partial charge in [0, 0.05) is 6.04 Å². The highest BCUT2D eigenvalue weighted by Gasteiger charge is 2.15. The summed E-state index contributed by atoms with van der Waals surface area (Å²) in [6.07, 6.45) is 5.92. The summed E-state index contributed by atoms with van der Waals surface area (Å²) in [5, 5.41) is 3.69. The molecule has 0 aromatic heterocycles. The monoisotopic (exact) mass is 413 g/mol. The minimum Gasteiger partial charge on any atom is -0.490 e. The van der Waals surface area contributed by atoms with Crippen molar-refractivity contribution in [1.29, 1.82) is 0 Å². The first kappa shape index (κ1) is 20.9. The van der Waals surface area contributed by atoms with Crippen LogP contribution in [0.3, 0.4) is 0 Å². The normalized spacial score (nSPS) is 13.9. The van der Waals surface area contributed by atoms with Gasteiger partial charge in [-0.3, -0.25) is 15.6 Å². The lowest BCUT2D eigenvalue weighted by Gasteiger charge is -2.24. The number of amides is 1. The molecule has 1 fully saturated rings. The zero-order chi connectivity index (χ0) is 20.3. The van der Waals surface area contributed by atoms with Crippen LogP contribution in [0.15, 0.2) is 54.6 Å². The van der Waals surface area contributed by atoms with Crippen molar-refractivity contribution in [1.82, 2.24) is 16.2 Å². The fourth-order valence-electron chi connectivity index (χ4n) is 3.26. The molecule has 29 heavy (non-hydrogen) atoms. The van der Waals surface area contributed by atoms with Gasteiger partial charge in [0.15, 0.2) is 5.11 Å². The number of hydrazine groups is 1. The van der Waals surface area contributed by atoms with Crippen molar-refractivity contribution in [3.63, 3.8) is 0 Å². The van der Waals surface area contributed by atoms with Crippen molar-refractivity contribution in [2.24, 2.45) is 0 Å². The SMILES string of the molecule is O=C(NNC(=S)NC1CCCCC1)c1ccccc1OCCOc1ccccc1. The van der Waals surface area contributed by atoms with E-state index < -0.39 is 0 Å². The second-order valence-corrected chi connectivity index (χ2v) is 7.30.